The van der Waals surface area contributed by atoms with E-state index in [1.165, 1.54) is 116 Å². The third-order valence-electron chi connectivity index (χ3n) is 9.90. The lowest BCUT2D eigenvalue weighted by Crippen LogP contribution is -2.33. The first-order valence-corrected chi connectivity index (χ1v) is 20.8. The minimum absolute atomic E-state index is 0.0527. The van der Waals surface area contributed by atoms with Gasteiger partial charge in [0.2, 0.25) is 0 Å². The molecule has 0 bridgehead atoms. The van der Waals surface area contributed by atoms with Crippen LogP contribution in [0.3, 0.4) is 0 Å². The van der Waals surface area contributed by atoms with Crippen LogP contribution in [0.4, 0.5) is 0 Å². The van der Waals surface area contributed by atoms with Crippen molar-refractivity contribution in [2.24, 2.45) is 0 Å². The summed E-state index contributed by atoms with van der Waals surface area (Å²) >= 11 is 0. The molecule has 3 atom stereocenters. The van der Waals surface area contributed by atoms with Gasteiger partial charge in [-0.2, -0.15) is 0 Å². The van der Waals surface area contributed by atoms with Crippen LogP contribution >= 0.6 is 0 Å². The van der Waals surface area contributed by atoms with Gasteiger partial charge >= 0.3 is 5.97 Å². The molecule has 5 nitrogen and oxygen atoms in total. The molecule has 0 spiro atoms. The average molecular weight is 684 g/mol. The number of fused-ring (bicyclic) bond motifs is 1. The van der Waals surface area contributed by atoms with E-state index in [9.17, 15) is 4.79 Å². The van der Waals surface area contributed by atoms with E-state index in [1.54, 1.807) is 0 Å². The second-order valence-electron chi connectivity index (χ2n) is 15.0. The maximum Gasteiger partial charge on any atom is 0.320 e. The molecule has 1 heterocycles. The van der Waals surface area contributed by atoms with E-state index in [-0.39, 0.29) is 24.3 Å². The molecular formula is C44H77NO4. The molecule has 0 aromatic carbocycles. The average Bonchev–Trinajstić information content (AvgIpc) is 3.59. The topological polar surface area (TPSA) is 48.0 Å². The van der Waals surface area contributed by atoms with Crippen molar-refractivity contribution in [3.63, 3.8) is 0 Å². The van der Waals surface area contributed by atoms with Gasteiger partial charge in [0.1, 0.15) is 6.10 Å². The predicted octanol–water partition coefficient (Wildman–Crippen LogP) is 12.4. The highest BCUT2D eigenvalue weighted by atomic mass is 16.8. The molecule has 1 unspecified atom stereocenters. The first-order valence-electron chi connectivity index (χ1n) is 20.8. The first kappa shape index (κ1) is 43.5. The van der Waals surface area contributed by atoms with Crippen LogP contribution in [0, 0.1) is 0 Å². The molecule has 1 saturated heterocycles. The van der Waals surface area contributed by atoms with E-state index in [4.69, 9.17) is 14.2 Å². The van der Waals surface area contributed by atoms with E-state index in [0.717, 1.165) is 51.4 Å². The highest BCUT2D eigenvalue weighted by Crippen LogP contribution is 2.44. The third-order valence-corrected chi connectivity index (χ3v) is 9.90. The van der Waals surface area contributed by atoms with Crippen molar-refractivity contribution in [1.29, 1.82) is 0 Å². The molecule has 0 aromatic heterocycles. The summed E-state index contributed by atoms with van der Waals surface area (Å²) in [7, 11) is 3.79. The maximum atomic E-state index is 12.2. The largest absolute Gasteiger partial charge is 0.461 e. The predicted molar refractivity (Wildman–Crippen MR) is 209 cm³/mol. The van der Waals surface area contributed by atoms with Gasteiger partial charge in [0.25, 0.3) is 0 Å². The molecule has 2 aliphatic rings. The fourth-order valence-electron chi connectivity index (χ4n) is 7.07. The van der Waals surface area contributed by atoms with Crippen molar-refractivity contribution in [3.8, 4) is 0 Å². The van der Waals surface area contributed by atoms with Gasteiger partial charge in [0.05, 0.1) is 18.8 Å². The van der Waals surface area contributed by atoms with Crippen molar-refractivity contribution in [2.75, 3.05) is 20.6 Å². The molecule has 282 valence electrons. The number of nitrogens with zero attached hydrogens (tertiary/aromatic N) is 1. The number of likely N-dealkylation sites (N-methyl/N-ethyl adjacent to an activating group) is 1. The molecule has 0 N–H and O–H groups in total. The van der Waals surface area contributed by atoms with Gasteiger partial charge in [-0.15, -0.1) is 0 Å². The van der Waals surface area contributed by atoms with Crippen LogP contribution in [-0.4, -0.2) is 55.6 Å². The summed E-state index contributed by atoms with van der Waals surface area (Å²) in [5.74, 6) is -0.599. The maximum absolute atomic E-state index is 12.2. The minimum Gasteiger partial charge on any atom is -0.461 e. The number of allylic oxidation sites excluding steroid dienone is 8. The zero-order valence-corrected chi connectivity index (χ0v) is 32.5. The van der Waals surface area contributed by atoms with E-state index in [2.05, 4.69) is 62.5 Å². The van der Waals surface area contributed by atoms with Crippen LogP contribution in [0.1, 0.15) is 181 Å². The summed E-state index contributed by atoms with van der Waals surface area (Å²) in [6.45, 7) is 4.81. The Hall–Kier alpha value is -1.69. The molecule has 1 aliphatic carbocycles. The Balaban J connectivity index is 1.64. The molecule has 0 amide bonds. The fraction of sp³-hybridized carbons (Fsp3) is 0.795. The van der Waals surface area contributed by atoms with Gasteiger partial charge in [-0.3, -0.25) is 9.69 Å². The first-order chi connectivity index (χ1) is 24.0. The summed E-state index contributed by atoms with van der Waals surface area (Å²) < 4.78 is 19.3. The highest BCUT2D eigenvalue weighted by molar-refractivity contribution is 5.71. The molecule has 2 rings (SSSR count). The van der Waals surface area contributed by atoms with Crippen LogP contribution in [0.5, 0.6) is 0 Å². The Morgan fingerprint density at radius 3 is 1.39 bits per heavy atom. The molecule has 49 heavy (non-hydrogen) atoms. The Labute approximate surface area is 303 Å². The van der Waals surface area contributed by atoms with Gasteiger partial charge in [0.15, 0.2) is 5.79 Å². The van der Waals surface area contributed by atoms with Crippen molar-refractivity contribution in [2.45, 2.75) is 205 Å². The number of rotatable bonds is 31. The molecule has 5 heteroatoms. The van der Waals surface area contributed by atoms with Crippen LogP contribution in [0.25, 0.3) is 0 Å². The quantitative estimate of drug-likeness (QED) is 0.0413. The second-order valence-corrected chi connectivity index (χ2v) is 15.0. The molecule has 0 radical (unpaired) electrons. The number of ether oxygens (including phenoxy) is 3. The van der Waals surface area contributed by atoms with E-state index >= 15 is 0 Å². The lowest BCUT2D eigenvalue weighted by molar-refractivity contribution is -0.197. The van der Waals surface area contributed by atoms with Crippen LogP contribution < -0.4 is 0 Å². The number of hydrogen-bond donors (Lipinski definition) is 0. The Morgan fingerprint density at radius 1 is 0.592 bits per heavy atom. The van der Waals surface area contributed by atoms with E-state index in [0.29, 0.717) is 6.54 Å². The third kappa shape index (κ3) is 22.0. The summed E-state index contributed by atoms with van der Waals surface area (Å²) in [5, 5.41) is 0. The van der Waals surface area contributed by atoms with Crippen LogP contribution in [0.15, 0.2) is 48.6 Å². The van der Waals surface area contributed by atoms with Crippen molar-refractivity contribution in [1.82, 2.24) is 4.90 Å². The van der Waals surface area contributed by atoms with E-state index < -0.39 is 5.79 Å². The van der Waals surface area contributed by atoms with Crippen LogP contribution in [-0.2, 0) is 19.0 Å². The molecular weight excluding hydrogens is 606 g/mol. The highest BCUT2D eigenvalue weighted by Gasteiger charge is 2.52. The SMILES string of the molecule is CCCC/C=C\C/C=C\CCCCCCCCC1(CCCCCCCC/C=C\C/C=C\CCCC)O[C@H]2CC(OC(=O)CN(C)C)C[C@H]2O1. The molecule has 1 saturated carbocycles. The number of esters is 1. The van der Waals surface area contributed by atoms with E-state index in [1.807, 2.05) is 19.0 Å². The Bertz CT molecular complexity index is 860. The minimum atomic E-state index is -0.445. The zero-order chi connectivity index (χ0) is 35.3. The standard InChI is InChI=1S/C44H77NO4/c1-5-7-9-11-13-15-17-19-21-23-25-27-29-31-33-35-44(48-41-37-40(38-42(41)49-44)47-43(46)39-45(3)4)36-34-32-30-28-26-24-22-20-18-16-14-12-10-8-6-2/h11-14,17-20,40-42H,5-10,15-16,21-39H2,1-4H3/b13-11-,14-12-,19-17-,20-18-/t40?,41-,42+. The molecule has 2 fully saturated rings. The lowest BCUT2D eigenvalue weighted by Gasteiger charge is -2.30. The van der Waals surface area contributed by atoms with Gasteiger partial charge in [-0.25, -0.2) is 0 Å². The number of carbonyl (C=O) groups is 1. The molecule has 1 aliphatic heterocycles. The Morgan fingerprint density at radius 2 is 0.980 bits per heavy atom. The van der Waals surface area contributed by atoms with Gasteiger partial charge in [-0.1, -0.05) is 140 Å². The molecule has 0 aromatic rings. The zero-order valence-electron chi connectivity index (χ0n) is 32.5. The number of hydrogen-bond acceptors (Lipinski definition) is 5. The fourth-order valence-corrected chi connectivity index (χ4v) is 7.07. The summed E-state index contributed by atoms with van der Waals surface area (Å²) in [6, 6.07) is 0. The lowest BCUT2D eigenvalue weighted by atomic mass is 9.98. The normalized spacial score (nSPS) is 20.6. The van der Waals surface area contributed by atoms with Crippen molar-refractivity contribution >= 4 is 5.97 Å². The summed E-state index contributed by atoms with van der Waals surface area (Å²) in [6.07, 6.45) is 49.6. The summed E-state index contributed by atoms with van der Waals surface area (Å²) in [5.41, 5.74) is 0. The van der Waals surface area contributed by atoms with Gasteiger partial charge < -0.3 is 14.2 Å². The number of unbranched alkanes of at least 4 members (excludes halogenated alkanes) is 16. The monoisotopic (exact) mass is 684 g/mol. The van der Waals surface area contributed by atoms with Crippen molar-refractivity contribution < 1.29 is 19.0 Å². The summed E-state index contributed by atoms with van der Waals surface area (Å²) in [4.78, 5) is 14.1. The van der Waals surface area contributed by atoms with Gasteiger partial charge in [0, 0.05) is 25.7 Å². The Kier molecular flexibility index (Phi) is 25.7. The van der Waals surface area contributed by atoms with Gasteiger partial charge in [-0.05, 0) is 78.3 Å². The van der Waals surface area contributed by atoms with Crippen LogP contribution in [0.2, 0.25) is 0 Å². The van der Waals surface area contributed by atoms with Crippen molar-refractivity contribution in [3.05, 3.63) is 48.6 Å². The second kappa shape index (κ2) is 28.9. The number of carbonyl (C=O) groups excluding carboxylic acids is 1. The smallest absolute Gasteiger partial charge is 0.320 e.